The highest BCUT2D eigenvalue weighted by molar-refractivity contribution is 5.38. The van der Waals surface area contributed by atoms with Gasteiger partial charge in [0.15, 0.2) is 11.6 Å². The summed E-state index contributed by atoms with van der Waals surface area (Å²) in [6.45, 7) is 5.01. The van der Waals surface area contributed by atoms with Crippen LogP contribution in [0.4, 0.5) is 4.39 Å². The summed E-state index contributed by atoms with van der Waals surface area (Å²) in [7, 11) is 0. The van der Waals surface area contributed by atoms with Gasteiger partial charge in [-0.15, -0.1) is 0 Å². The smallest absolute Gasteiger partial charge is 0.167 e. The van der Waals surface area contributed by atoms with Gasteiger partial charge in [-0.3, -0.25) is 0 Å². The van der Waals surface area contributed by atoms with Crippen molar-refractivity contribution in [2.24, 2.45) is 0 Å². The minimum atomic E-state index is -0.345. The Morgan fingerprint density at radius 1 is 1.41 bits per heavy atom. The first-order valence-corrected chi connectivity index (χ1v) is 7.90. The van der Waals surface area contributed by atoms with Crippen LogP contribution in [0.2, 0.25) is 0 Å². The molecule has 1 aromatic heterocycles. The fourth-order valence-electron chi connectivity index (χ4n) is 2.95. The average Bonchev–Trinajstić information content (AvgIpc) is 3.17. The minimum Gasteiger partial charge on any atom is -0.490 e. The van der Waals surface area contributed by atoms with Gasteiger partial charge in [0.05, 0.1) is 12.3 Å². The van der Waals surface area contributed by atoms with Crippen LogP contribution in [0, 0.1) is 5.82 Å². The van der Waals surface area contributed by atoms with E-state index in [1.807, 2.05) is 12.1 Å². The fraction of sp³-hybridized carbons (Fsp3) is 0.471. The second-order valence-corrected chi connectivity index (χ2v) is 5.79. The summed E-state index contributed by atoms with van der Waals surface area (Å²) in [6, 6.07) is 7.41. The molecule has 1 aromatic carbocycles. The van der Waals surface area contributed by atoms with Crippen LogP contribution < -0.4 is 4.74 Å². The summed E-state index contributed by atoms with van der Waals surface area (Å²) in [5, 5.41) is 4.09. The third-order valence-electron chi connectivity index (χ3n) is 4.22. The number of rotatable bonds is 6. The summed E-state index contributed by atoms with van der Waals surface area (Å²) < 4.78 is 21.3. The molecule has 1 aliphatic heterocycles. The highest BCUT2D eigenvalue weighted by Crippen LogP contribution is 2.21. The lowest BCUT2D eigenvalue weighted by atomic mass is 10.2. The van der Waals surface area contributed by atoms with Gasteiger partial charge in [0.1, 0.15) is 0 Å². The lowest BCUT2D eigenvalue weighted by Gasteiger charge is -2.20. The summed E-state index contributed by atoms with van der Waals surface area (Å²) >= 11 is 0. The summed E-state index contributed by atoms with van der Waals surface area (Å²) in [4.78, 5) is 2.47. The molecule has 0 aliphatic carbocycles. The molecule has 0 saturated carbocycles. The molecule has 4 nitrogen and oxygen atoms in total. The van der Waals surface area contributed by atoms with Crippen molar-refractivity contribution in [1.82, 2.24) is 14.7 Å². The van der Waals surface area contributed by atoms with E-state index in [1.54, 1.807) is 23.1 Å². The number of benzene rings is 1. The van der Waals surface area contributed by atoms with Crippen molar-refractivity contribution in [3.05, 3.63) is 42.5 Å². The van der Waals surface area contributed by atoms with E-state index < -0.39 is 0 Å². The topological polar surface area (TPSA) is 30.3 Å². The van der Waals surface area contributed by atoms with E-state index in [0.29, 0.717) is 24.1 Å². The molecular formula is C17H22FN3O. The zero-order valence-corrected chi connectivity index (χ0v) is 12.9. The summed E-state index contributed by atoms with van der Waals surface area (Å²) in [5.41, 5.74) is 0.695. The molecule has 1 fully saturated rings. The van der Waals surface area contributed by atoms with Crippen molar-refractivity contribution in [2.45, 2.75) is 32.2 Å². The molecule has 2 aromatic rings. The molecule has 5 heteroatoms. The molecule has 22 heavy (non-hydrogen) atoms. The standard InChI is InChI=1S/C17H22FN3O/c1-14-5-2-9-20(14)10-4-12-22-17-7-6-15(13-16(17)18)21-11-3-8-19-21/h3,6-8,11,13-14H,2,4-5,9-10,12H2,1H3/t14-/m1/s1. The van der Waals surface area contributed by atoms with Gasteiger partial charge in [0, 0.05) is 31.0 Å². The van der Waals surface area contributed by atoms with Crippen molar-refractivity contribution in [1.29, 1.82) is 0 Å². The molecular weight excluding hydrogens is 281 g/mol. The minimum absolute atomic E-state index is 0.311. The molecule has 1 atom stereocenters. The van der Waals surface area contributed by atoms with Gasteiger partial charge in [0.2, 0.25) is 0 Å². The largest absolute Gasteiger partial charge is 0.490 e. The normalized spacial score (nSPS) is 18.7. The molecule has 0 spiro atoms. The SMILES string of the molecule is C[C@@H]1CCCN1CCCOc1ccc(-n2cccn2)cc1F. The van der Waals surface area contributed by atoms with Crippen molar-refractivity contribution in [3.63, 3.8) is 0 Å². The van der Waals surface area contributed by atoms with Gasteiger partial charge in [-0.25, -0.2) is 9.07 Å². The Morgan fingerprint density at radius 2 is 2.32 bits per heavy atom. The highest BCUT2D eigenvalue weighted by atomic mass is 19.1. The van der Waals surface area contributed by atoms with E-state index in [-0.39, 0.29) is 5.82 Å². The van der Waals surface area contributed by atoms with E-state index in [0.717, 1.165) is 13.0 Å². The number of hydrogen-bond acceptors (Lipinski definition) is 3. The lowest BCUT2D eigenvalue weighted by Crippen LogP contribution is -2.28. The van der Waals surface area contributed by atoms with Crippen molar-refractivity contribution < 1.29 is 9.13 Å². The van der Waals surface area contributed by atoms with Crippen LogP contribution in [0.1, 0.15) is 26.2 Å². The van der Waals surface area contributed by atoms with Crippen LogP contribution in [0.3, 0.4) is 0 Å². The highest BCUT2D eigenvalue weighted by Gasteiger charge is 2.19. The second kappa shape index (κ2) is 6.92. The van der Waals surface area contributed by atoms with Gasteiger partial charge in [-0.05, 0) is 50.9 Å². The zero-order chi connectivity index (χ0) is 15.4. The predicted octanol–water partition coefficient (Wildman–Crippen LogP) is 3.26. The molecule has 0 amide bonds. The van der Waals surface area contributed by atoms with Gasteiger partial charge in [0.25, 0.3) is 0 Å². The summed E-state index contributed by atoms with van der Waals surface area (Å²) in [5.74, 6) is -0.0343. The average molecular weight is 303 g/mol. The zero-order valence-electron chi connectivity index (χ0n) is 12.9. The van der Waals surface area contributed by atoms with Crippen LogP contribution in [0.5, 0.6) is 5.75 Å². The number of halogens is 1. The molecule has 0 bridgehead atoms. The lowest BCUT2D eigenvalue weighted by molar-refractivity contribution is 0.226. The molecule has 1 aliphatic rings. The first kappa shape index (κ1) is 15.0. The quantitative estimate of drug-likeness (QED) is 0.767. The third-order valence-corrected chi connectivity index (χ3v) is 4.22. The van der Waals surface area contributed by atoms with Crippen LogP contribution in [0.15, 0.2) is 36.7 Å². The summed E-state index contributed by atoms with van der Waals surface area (Å²) in [6.07, 6.45) is 6.94. The van der Waals surface area contributed by atoms with Crippen LogP contribution in [-0.2, 0) is 0 Å². The van der Waals surface area contributed by atoms with Crippen molar-refractivity contribution in [2.75, 3.05) is 19.7 Å². The van der Waals surface area contributed by atoms with Crippen LogP contribution in [0.25, 0.3) is 5.69 Å². The molecule has 2 heterocycles. The monoisotopic (exact) mass is 303 g/mol. The van der Waals surface area contributed by atoms with E-state index in [4.69, 9.17) is 4.74 Å². The Kier molecular flexibility index (Phi) is 4.73. The number of aromatic nitrogens is 2. The molecule has 0 N–H and O–H groups in total. The maximum Gasteiger partial charge on any atom is 0.167 e. The van der Waals surface area contributed by atoms with Crippen LogP contribution >= 0.6 is 0 Å². The molecule has 0 radical (unpaired) electrons. The Bertz CT molecular complexity index is 600. The van der Waals surface area contributed by atoms with E-state index in [9.17, 15) is 4.39 Å². The number of likely N-dealkylation sites (tertiary alicyclic amines) is 1. The van der Waals surface area contributed by atoms with Crippen molar-refractivity contribution in [3.8, 4) is 11.4 Å². The first-order chi connectivity index (χ1) is 10.7. The number of hydrogen-bond donors (Lipinski definition) is 0. The maximum atomic E-state index is 14.1. The predicted molar refractivity (Wildman–Crippen MR) is 83.9 cm³/mol. The Hall–Kier alpha value is -1.88. The number of nitrogens with zero attached hydrogens (tertiary/aromatic N) is 3. The third kappa shape index (κ3) is 3.47. The van der Waals surface area contributed by atoms with Gasteiger partial charge in [-0.1, -0.05) is 0 Å². The fourth-order valence-corrected chi connectivity index (χ4v) is 2.95. The number of ether oxygens (including phenoxy) is 1. The van der Waals surface area contributed by atoms with E-state index in [2.05, 4.69) is 16.9 Å². The van der Waals surface area contributed by atoms with Gasteiger partial charge >= 0.3 is 0 Å². The van der Waals surface area contributed by atoms with Crippen LogP contribution in [-0.4, -0.2) is 40.4 Å². The molecule has 3 rings (SSSR count). The first-order valence-electron chi connectivity index (χ1n) is 7.90. The van der Waals surface area contributed by atoms with Crippen molar-refractivity contribution >= 4 is 0 Å². The van der Waals surface area contributed by atoms with E-state index in [1.165, 1.54) is 25.5 Å². The molecule has 1 saturated heterocycles. The molecule has 118 valence electrons. The second-order valence-electron chi connectivity index (χ2n) is 5.79. The molecule has 0 unspecified atom stereocenters. The Morgan fingerprint density at radius 3 is 3.00 bits per heavy atom. The van der Waals surface area contributed by atoms with Gasteiger partial charge < -0.3 is 9.64 Å². The van der Waals surface area contributed by atoms with E-state index >= 15 is 0 Å². The maximum absolute atomic E-state index is 14.1. The Labute approximate surface area is 130 Å². The van der Waals surface area contributed by atoms with Gasteiger partial charge in [-0.2, -0.15) is 5.10 Å². The Balaban J connectivity index is 1.50.